The quantitative estimate of drug-likeness (QED) is 0.835. The summed E-state index contributed by atoms with van der Waals surface area (Å²) in [6.45, 7) is 0.262. The summed E-state index contributed by atoms with van der Waals surface area (Å²) in [6, 6.07) is 11.1. The Morgan fingerprint density at radius 2 is 2.00 bits per heavy atom. The van der Waals surface area contributed by atoms with Crippen molar-refractivity contribution in [3.63, 3.8) is 0 Å². The van der Waals surface area contributed by atoms with E-state index in [0.717, 1.165) is 17.3 Å². The molecule has 0 saturated heterocycles. The summed E-state index contributed by atoms with van der Waals surface area (Å²) < 4.78 is 18.7. The van der Waals surface area contributed by atoms with E-state index in [1.165, 1.54) is 12.1 Å². The molecule has 0 aromatic heterocycles. The number of amidine groups is 1. The van der Waals surface area contributed by atoms with Gasteiger partial charge in [-0.2, -0.15) is 4.99 Å². The minimum Gasteiger partial charge on any atom is -0.488 e. The number of benzene rings is 2. The first-order valence-electron chi connectivity index (χ1n) is 6.96. The molecule has 0 aliphatic carbocycles. The molecule has 7 heteroatoms. The molecular formula is C17H12ClFN2O2S. The van der Waals surface area contributed by atoms with Crippen LogP contribution in [0.5, 0.6) is 5.75 Å². The first-order valence-corrected chi connectivity index (χ1v) is 8.15. The second kappa shape index (κ2) is 7.07. The van der Waals surface area contributed by atoms with Gasteiger partial charge in [-0.15, -0.1) is 0 Å². The van der Waals surface area contributed by atoms with Gasteiger partial charge in [-0.3, -0.25) is 4.79 Å². The van der Waals surface area contributed by atoms with Crippen LogP contribution in [0.15, 0.2) is 52.4 Å². The molecule has 1 heterocycles. The summed E-state index contributed by atoms with van der Waals surface area (Å²) in [4.78, 5) is 15.8. The van der Waals surface area contributed by atoms with Gasteiger partial charge in [-0.05, 0) is 53.7 Å². The van der Waals surface area contributed by atoms with Gasteiger partial charge in [0.15, 0.2) is 5.17 Å². The molecule has 0 radical (unpaired) electrons. The number of carbonyl (C=O) groups excluding carboxylic acids is 1. The summed E-state index contributed by atoms with van der Waals surface area (Å²) >= 11 is 7.13. The highest BCUT2D eigenvalue weighted by atomic mass is 35.5. The van der Waals surface area contributed by atoms with E-state index in [1.54, 1.807) is 36.4 Å². The Bertz CT molecular complexity index is 850. The number of nitrogens with two attached hydrogens (primary N) is 1. The maximum absolute atomic E-state index is 12.9. The van der Waals surface area contributed by atoms with E-state index in [4.69, 9.17) is 22.1 Å². The third kappa shape index (κ3) is 3.96. The third-order valence-electron chi connectivity index (χ3n) is 3.20. The molecular weight excluding hydrogens is 351 g/mol. The Morgan fingerprint density at radius 3 is 2.67 bits per heavy atom. The van der Waals surface area contributed by atoms with Crippen LogP contribution in [0.2, 0.25) is 5.02 Å². The zero-order valence-corrected chi connectivity index (χ0v) is 13.9. The topological polar surface area (TPSA) is 64.7 Å². The number of rotatable bonds is 4. The number of hydrogen-bond acceptors (Lipinski definition) is 4. The number of amides is 1. The zero-order chi connectivity index (χ0) is 17.1. The SMILES string of the molecule is NC1=NC(=O)/C(=C/c2cc(Cl)ccc2OCc2ccc(F)cc2)S1. The van der Waals surface area contributed by atoms with Crippen molar-refractivity contribution in [1.29, 1.82) is 0 Å². The number of hydrogen-bond donors (Lipinski definition) is 1. The van der Waals surface area contributed by atoms with E-state index < -0.39 is 0 Å². The summed E-state index contributed by atoms with van der Waals surface area (Å²) in [6.07, 6.45) is 1.64. The maximum Gasteiger partial charge on any atom is 0.286 e. The molecule has 4 nitrogen and oxygen atoms in total. The van der Waals surface area contributed by atoms with Crippen molar-refractivity contribution in [3.8, 4) is 5.75 Å². The van der Waals surface area contributed by atoms with Crippen molar-refractivity contribution < 1.29 is 13.9 Å². The Hall–Kier alpha value is -2.31. The lowest BCUT2D eigenvalue weighted by atomic mass is 10.1. The summed E-state index contributed by atoms with van der Waals surface area (Å²) in [5.74, 6) is -0.137. The van der Waals surface area contributed by atoms with Crippen LogP contribution in [0.4, 0.5) is 4.39 Å². The number of halogens is 2. The lowest BCUT2D eigenvalue weighted by Crippen LogP contribution is -2.01. The number of carbonyl (C=O) groups is 1. The molecule has 0 unspecified atom stereocenters. The highest BCUT2D eigenvalue weighted by Gasteiger charge is 2.20. The molecule has 24 heavy (non-hydrogen) atoms. The van der Waals surface area contributed by atoms with Crippen LogP contribution in [0.25, 0.3) is 6.08 Å². The van der Waals surface area contributed by atoms with Gasteiger partial charge in [-0.25, -0.2) is 4.39 Å². The molecule has 122 valence electrons. The molecule has 0 bridgehead atoms. The monoisotopic (exact) mass is 362 g/mol. The Balaban J connectivity index is 1.82. The lowest BCUT2D eigenvalue weighted by molar-refractivity contribution is -0.113. The van der Waals surface area contributed by atoms with Gasteiger partial charge in [0.2, 0.25) is 0 Å². The van der Waals surface area contributed by atoms with E-state index in [1.807, 2.05) is 0 Å². The number of thioether (sulfide) groups is 1. The molecule has 3 rings (SSSR count). The standard InChI is InChI=1S/C17H12ClFN2O2S/c18-12-3-6-14(23-9-10-1-4-13(19)5-2-10)11(7-12)8-15-16(22)21-17(20)24-15/h1-8H,9H2,(H2,20,21,22)/b15-8-. The van der Waals surface area contributed by atoms with Crippen molar-refractivity contribution in [2.75, 3.05) is 0 Å². The number of aliphatic imine (C=N–C) groups is 1. The van der Waals surface area contributed by atoms with E-state index in [9.17, 15) is 9.18 Å². The van der Waals surface area contributed by atoms with Gasteiger partial charge in [0.05, 0.1) is 4.91 Å². The van der Waals surface area contributed by atoms with E-state index in [-0.39, 0.29) is 23.5 Å². The van der Waals surface area contributed by atoms with Crippen LogP contribution < -0.4 is 10.5 Å². The molecule has 2 aromatic rings. The third-order valence-corrected chi connectivity index (χ3v) is 4.25. The average Bonchev–Trinajstić information content (AvgIpc) is 2.86. The Morgan fingerprint density at radius 1 is 1.25 bits per heavy atom. The smallest absolute Gasteiger partial charge is 0.286 e. The summed E-state index contributed by atoms with van der Waals surface area (Å²) in [5.41, 5.74) is 7.01. The van der Waals surface area contributed by atoms with Gasteiger partial charge >= 0.3 is 0 Å². The van der Waals surface area contributed by atoms with Crippen LogP contribution in [0.1, 0.15) is 11.1 Å². The maximum atomic E-state index is 12.9. The second-order valence-corrected chi connectivity index (χ2v) is 6.46. The highest BCUT2D eigenvalue weighted by molar-refractivity contribution is 8.18. The van der Waals surface area contributed by atoms with Crippen molar-refractivity contribution in [2.24, 2.45) is 10.7 Å². The zero-order valence-electron chi connectivity index (χ0n) is 12.3. The minimum atomic E-state index is -0.387. The van der Waals surface area contributed by atoms with Gasteiger partial charge in [-0.1, -0.05) is 23.7 Å². The molecule has 2 N–H and O–H groups in total. The van der Waals surface area contributed by atoms with Crippen LogP contribution in [0, 0.1) is 5.82 Å². The van der Waals surface area contributed by atoms with Gasteiger partial charge in [0.25, 0.3) is 5.91 Å². The predicted molar refractivity (Wildman–Crippen MR) is 94.4 cm³/mol. The lowest BCUT2D eigenvalue weighted by Gasteiger charge is -2.10. The largest absolute Gasteiger partial charge is 0.488 e. The van der Waals surface area contributed by atoms with Crippen molar-refractivity contribution in [1.82, 2.24) is 0 Å². The molecule has 2 aromatic carbocycles. The molecule has 0 saturated carbocycles. The first kappa shape index (κ1) is 16.5. The van der Waals surface area contributed by atoms with Crippen molar-refractivity contribution in [3.05, 3.63) is 69.3 Å². The second-order valence-electron chi connectivity index (χ2n) is 4.96. The van der Waals surface area contributed by atoms with E-state index >= 15 is 0 Å². The number of ether oxygens (including phenoxy) is 1. The van der Waals surface area contributed by atoms with Crippen LogP contribution in [-0.4, -0.2) is 11.1 Å². The van der Waals surface area contributed by atoms with Crippen LogP contribution in [0.3, 0.4) is 0 Å². The Labute approximate surface area is 147 Å². The fourth-order valence-corrected chi connectivity index (χ4v) is 2.93. The first-order chi connectivity index (χ1) is 11.5. The van der Waals surface area contributed by atoms with E-state index in [0.29, 0.717) is 21.2 Å². The normalized spacial score (nSPS) is 15.7. The molecule has 1 aliphatic rings. The minimum absolute atomic E-state index is 0.210. The predicted octanol–water partition coefficient (Wildman–Crippen LogP) is 3.99. The summed E-state index contributed by atoms with van der Waals surface area (Å²) in [7, 11) is 0. The molecule has 0 spiro atoms. The molecule has 0 fully saturated rings. The average molecular weight is 363 g/mol. The van der Waals surface area contributed by atoms with Crippen molar-refractivity contribution in [2.45, 2.75) is 6.61 Å². The fourth-order valence-electron chi connectivity index (χ4n) is 2.07. The van der Waals surface area contributed by atoms with Crippen LogP contribution in [-0.2, 0) is 11.4 Å². The van der Waals surface area contributed by atoms with Crippen molar-refractivity contribution >= 4 is 40.5 Å². The summed E-state index contributed by atoms with van der Waals surface area (Å²) in [5, 5.41) is 0.724. The van der Waals surface area contributed by atoms with Gasteiger partial charge in [0.1, 0.15) is 18.2 Å². The molecule has 0 atom stereocenters. The molecule has 1 amide bonds. The van der Waals surface area contributed by atoms with Gasteiger partial charge in [0, 0.05) is 10.6 Å². The molecule has 1 aliphatic heterocycles. The van der Waals surface area contributed by atoms with E-state index in [2.05, 4.69) is 4.99 Å². The Kier molecular flexibility index (Phi) is 4.87. The van der Waals surface area contributed by atoms with Crippen LogP contribution >= 0.6 is 23.4 Å². The van der Waals surface area contributed by atoms with Gasteiger partial charge < -0.3 is 10.5 Å². The number of nitrogens with zero attached hydrogens (tertiary/aromatic N) is 1. The fraction of sp³-hybridized carbons (Fsp3) is 0.0588. The highest BCUT2D eigenvalue weighted by Crippen LogP contribution is 2.31.